The van der Waals surface area contributed by atoms with E-state index in [1.54, 1.807) is 0 Å². The van der Waals surface area contributed by atoms with Crippen LogP contribution in [0.4, 0.5) is 10.2 Å². The van der Waals surface area contributed by atoms with Crippen molar-refractivity contribution in [3.05, 3.63) is 20.8 Å². The fourth-order valence-electron chi connectivity index (χ4n) is 0.919. The van der Waals surface area contributed by atoms with E-state index in [1.807, 2.05) is 0 Å². The van der Waals surface area contributed by atoms with Crippen LogP contribution in [-0.2, 0) is 9.53 Å². The highest BCUT2D eigenvalue weighted by molar-refractivity contribution is 9.10. The second kappa shape index (κ2) is 5.01. The van der Waals surface area contributed by atoms with Gasteiger partial charge in [-0.25, -0.2) is 9.18 Å². The third-order valence-corrected chi connectivity index (χ3v) is 2.12. The van der Waals surface area contributed by atoms with Crippen molar-refractivity contribution in [3.63, 3.8) is 0 Å². The molecule has 9 heteroatoms. The van der Waals surface area contributed by atoms with Crippen LogP contribution >= 0.6 is 15.9 Å². The number of hydrogen-bond acceptors (Lipinski definition) is 5. The zero-order chi connectivity index (χ0) is 12.3. The van der Waals surface area contributed by atoms with Gasteiger partial charge in [-0.15, -0.1) is 4.68 Å². The van der Waals surface area contributed by atoms with E-state index in [1.165, 1.54) is 6.92 Å². The van der Waals surface area contributed by atoms with Crippen molar-refractivity contribution < 1.29 is 18.8 Å². The molecule has 1 unspecified atom stereocenters. The van der Waals surface area contributed by atoms with Crippen molar-refractivity contribution in [3.8, 4) is 0 Å². The summed E-state index contributed by atoms with van der Waals surface area (Å²) in [6.45, 7) is 1.54. The van der Waals surface area contributed by atoms with Gasteiger partial charge in [0.25, 0.3) is 0 Å². The summed E-state index contributed by atoms with van der Waals surface area (Å²) in [5, 5.41) is 13.7. The number of carbonyl (C=O) groups excluding carboxylic acids is 1. The maximum atomic E-state index is 13.4. The lowest BCUT2D eigenvalue weighted by Crippen LogP contribution is -2.18. The second-order valence-corrected chi connectivity index (χ2v) is 3.48. The zero-order valence-electron chi connectivity index (χ0n) is 8.09. The second-order valence-electron chi connectivity index (χ2n) is 2.63. The Bertz CT molecular complexity index is 422. The molecular formula is C7H7BrFN3O4. The van der Waals surface area contributed by atoms with E-state index in [9.17, 15) is 19.3 Å². The molecule has 0 N–H and O–H groups in total. The lowest BCUT2D eigenvalue weighted by Gasteiger charge is -2.03. The van der Waals surface area contributed by atoms with Crippen LogP contribution < -0.4 is 0 Å². The van der Waals surface area contributed by atoms with E-state index < -0.39 is 23.0 Å². The largest absolute Gasteiger partial charge is 0.462 e. The molecule has 1 aromatic heterocycles. The summed E-state index contributed by atoms with van der Waals surface area (Å²) >= 11 is 2.83. The fourth-order valence-corrected chi connectivity index (χ4v) is 1.35. The summed E-state index contributed by atoms with van der Waals surface area (Å²) in [5.74, 6) is -1.71. The van der Waals surface area contributed by atoms with Crippen LogP contribution in [0.2, 0.25) is 0 Å². The van der Waals surface area contributed by atoms with Crippen molar-refractivity contribution in [1.82, 2.24) is 9.78 Å². The first-order valence-corrected chi connectivity index (χ1v) is 4.96. The Labute approximate surface area is 97.5 Å². The quantitative estimate of drug-likeness (QED) is 0.478. The molecule has 0 aromatic carbocycles. The molecule has 1 aromatic rings. The summed E-state index contributed by atoms with van der Waals surface area (Å²) in [7, 11) is 0. The van der Waals surface area contributed by atoms with Crippen LogP contribution in [-0.4, -0.2) is 27.3 Å². The van der Waals surface area contributed by atoms with E-state index in [0.29, 0.717) is 4.68 Å². The molecule has 0 aliphatic rings. The van der Waals surface area contributed by atoms with Crippen molar-refractivity contribution in [2.45, 2.75) is 13.2 Å². The van der Waals surface area contributed by atoms with Crippen LogP contribution in [0.3, 0.4) is 0 Å². The first-order chi connectivity index (χ1) is 7.47. The molecule has 0 saturated carbocycles. The minimum atomic E-state index is -2.19. The number of halogens is 2. The number of nitrogens with zero attached hydrogens (tertiary/aromatic N) is 3. The summed E-state index contributed by atoms with van der Waals surface area (Å²) < 4.78 is 18.3. The van der Waals surface area contributed by atoms with Gasteiger partial charge in [0, 0.05) is 0 Å². The molecule has 1 heterocycles. The molecule has 0 amide bonds. The Morgan fingerprint density at radius 2 is 2.50 bits per heavy atom. The monoisotopic (exact) mass is 295 g/mol. The number of alkyl halides is 1. The predicted octanol–water partition coefficient (Wildman–Crippen LogP) is 1.58. The van der Waals surface area contributed by atoms with Crippen LogP contribution in [0.15, 0.2) is 10.7 Å². The van der Waals surface area contributed by atoms with Crippen LogP contribution in [0, 0.1) is 10.1 Å². The minimum absolute atomic E-state index is 0.00977. The Morgan fingerprint density at radius 1 is 1.88 bits per heavy atom. The van der Waals surface area contributed by atoms with Crippen molar-refractivity contribution in [1.29, 1.82) is 0 Å². The van der Waals surface area contributed by atoms with Gasteiger partial charge in [-0.2, -0.15) is 0 Å². The van der Waals surface area contributed by atoms with Gasteiger partial charge in [0.05, 0.1) is 17.9 Å². The number of nitro groups is 1. The minimum Gasteiger partial charge on any atom is -0.462 e. The van der Waals surface area contributed by atoms with E-state index in [4.69, 9.17) is 0 Å². The van der Waals surface area contributed by atoms with E-state index >= 15 is 0 Å². The number of aromatic nitrogens is 2. The molecule has 0 spiro atoms. The molecular weight excluding hydrogens is 289 g/mol. The molecule has 7 nitrogen and oxygen atoms in total. The van der Waals surface area contributed by atoms with Crippen molar-refractivity contribution in [2.24, 2.45) is 0 Å². The first-order valence-electron chi connectivity index (χ1n) is 4.17. The van der Waals surface area contributed by atoms with Crippen LogP contribution in [0.1, 0.15) is 13.2 Å². The maximum absolute atomic E-state index is 13.4. The fraction of sp³-hybridized carbons (Fsp3) is 0.429. The van der Waals surface area contributed by atoms with E-state index in [-0.39, 0.29) is 11.1 Å². The normalized spacial score (nSPS) is 12.2. The number of hydrogen-bond donors (Lipinski definition) is 0. The third-order valence-electron chi connectivity index (χ3n) is 1.56. The molecule has 1 rings (SSSR count). The Morgan fingerprint density at radius 3 is 2.94 bits per heavy atom. The highest BCUT2D eigenvalue weighted by atomic mass is 79.9. The molecule has 0 aliphatic heterocycles. The number of rotatable bonds is 4. The predicted molar refractivity (Wildman–Crippen MR) is 53.4 cm³/mol. The van der Waals surface area contributed by atoms with Gasteiger partial charge in [-0.1, -0.05) is 0 Å². The third kappa shape index (κ3) is 2.54. The molecule has 1 atom stereocenters. The molecule has 88 valence electrons. The standard InChI is InChI=1S/C7H7BrFN3O4/c1-2-16-7(13)5(9)11-3-4(8)6(10-11)12(14)15/h3,5H,2H2,1H3. The summed E-state index contributed by atoms with van der Waals surface area (Å²) in [6, 6.07) is 0. The zero-order valence-corrected chi connectivity index (χ0v) is 9.68. The van der Waals surface area contributed by atoms with Crippen molar-refractivity contribution in [2.75, 3.05) is 6.61 Å². The molecule has 16 heavy (non-hydrogen) atoms. The van der Waals surface area contributed by atoms with Gasteiger partial charge in [-0.05, 0) is 27.8 Å². The molecule has 0 aliphatic carbocycles. The number of carbonyl (C=O) groups is 1. The molecule has 0 bridgehead atoms. The highest BCUT2D eigenvalue weighted by Gasteiger charge is 2.29. The van der Waals surface area contributed by atoms with Gasteiger partial charge >= 0.3 is 18.1 Å². The Balaban J connectivity index is 2.92. The smallest absolute Gasteiger partial charge is 0.404 e. The van der Waals surface area contributed by atoms with E-state index in [2.05, 4.69) is 25.8 Å². The van der Waals surface area contributed by atoms with Crippen molar-refractivity contribution >= 4 is 27.7 Å². The number of esters is 1. The lowest BCUT2D eigenvalue weighted by atomic mass is 10.6. The van der Waals surface area contributed by atoms with Crippen LogP contribution in [0.25, 0.3) is 0 Å². The topological polar surface area (TPSA) is 87.3 Å². The molecule has 0 radical (unpaired) electrons. The average molecular weight is 296 g/mol. The van der Waals surface area contributed by atoms with E-state index in [0.717, 1.165) is 6.20 Å². The highest BCUT2D eigenvalue weighted by Crippen LogP contribution is 2.24. The molecule has 0 fully saturated rings. The average Bonchev–Trinajstić information content (AvgIpc) is 2.59. The Hall–Kier alpha value is -1.51. The van der Waals surface area contributed by atoms with Gasteiger partial charge in [0.2, 0.25) is 0 Å². The number of ether oxygens (including phenoxy) is 1. The SMILES string of the molecule is CCOC(=O)C(F)n1cc(Br)c([N+](=O)[O-])n1. The van der Waals surface area contributed by atoms with Gasteiger partial charge in [-0.3, -0.25) is 0 Å². The summed E-state index contributed by atoms with van der Waals surface area (Å²) in [5.41, 5.74) is 0. The first kappa shape index (κ1) is 12.6. The molecule has 0 saturated heterocycles. The summed E-state index contributed by atoms with van der Waals surface area (Å²) in [4.78, 5) is 20.6. The van der Waals surface area contributed by atoms with Crippen LogP contribution in [0.5, 0.6) is 0 Å². The maximum Gasteiger partial charge on any atom is 0.404 e. The lowest BCUT2D eigenvalue weighted by molar-refractivity contribution is -0.390. The summed E-state index contributed by atoms with van der Waals surface area (Å²) in [6.07, 6.45) is -1.19. The van der Waals surface area contributed by atoms with Gasteiger partial charge in [0.15, 0.2) is 0 Å². The van der Waals surface area contributed by atoms with Gasteiger partial charge < -0.3 is 14.9 Å². The Kier molecular flexibility index (Phi) is 3.93. The van der Waals surface area contributed by atoms with Gasteiger partial charge in [0.1, 0.15) is 4.47 Å².